The fraction of sp³-hybridized carbons (Fsp3) is 0.333. The highest BCUT2D eigenvalue weighted by atomic mass is 32.2. The molecule has 1 aromatic carbocycles. The second kappa shape index (κ2) is 5.77. The minimum absolute atomic E-state index is 0.517. The molecule has 0 N–H and O–H groups in total. The monoisotopic (exact) mass is 265 g/mol. The fourth-order valence-electron chi connectivity index (χ4n) is 1.66. The van der Waals surface area contributed by atoms with Crippen LogP contribution in [0.2, 0.25) is 0 Å². The zero-order chi connectivity index (χ0) is 13.0. The minimum atomic E-state index is -1.10. The third-order valence-electron chi connectivity index (χ3n) is 2.64. The first-order valence-electron chi connectivity index (χ1n) is 5.55. The van der Waals surface area contributed by atoms with Crippen molar-refractivity contribution < 1.29 is 8.95 Å². The average Bonchev–Trinajstić information content (AvgIpc) is 2.85. The van der Waals surface area contributed by atoms with Crippen LogP contribution >= 0.6 is 0 Å². The Bertz CT molecular complexity index is 537. The third kappa shape index (κ3) is 2.95. The van der Waals surface area contributed by atoms with E-state index in [1.54, 1.807) is 19.7 Å². The largest absolute Gasteiger partial charge is 0.497 e. The topological polar surface area (TPSA) is 57.0 Å². The Morgan fingerprint density at radius 3 is 2.67 bits per heavy atom. The van der Waals surface area contributed by atoms with Crippen LogP contribution in [-0.4, -0.2) is 32.3 Å². The molecule has 0 aliphatic carbocycles. The third-order valence-corrected chi connectivity index (χ3v) is 3.47. The smallest absolute Gasteiger partial charge is 0.221 e. The summed E-state index contributed by atoms with van der Waals surface area (Å²) in [7, 11) is 0.545. The molecule has 0 aliphatic rings. The van der Waals surface area contributed by atoms with Crippen molar-refractivity contribution in [1.29, 1.82) is 0 Å². The van der Waals surface area contributed by atoms with E-state index in [2.05, 4.69) is 10.2 Å². The summed E-state index contributed by atoms with van der Waals surface area (Å²) in [5, 5.41) is 8.15. The van der Waals surface area contributed by atoms with E-state index in [9.17, 15) is 4.21 Å². The van der Waals surface area contributed by atoms with E-state index >= 15 is 0 Å². The number of ether oxygens (including phenoxy) is 1. The number of nitrogens with zero attached hydrogens (tertiary/aromatic N) is 3. The van der Waals surface area contributed by atoms with Gasteiger partial charge in [-0.3, -0.25) is 4.21 Å². The average molecular weight is 265 g/mol. The van der Waals surface area contributed by atoms with E-state index in [-0.39, 0.29) is 0 Å². The summed E-state index contributed by atoms with van der Waals surface area (Å²) in [6, 6.07) is 7.90. The molecule has 0 amide bonds. The zero-order valence-electron chi connectivity index (χ0n) is 10.4. The van der Waals surface area contributed by atoms with Crippen molar-refractivity contribution in [2.75, 3.05) is 13.4 Å². The summed E-state index contributed by atoms with van der Waals surface area (Å²) >= 11 is 0. The molecule has 0 saturated carbocycles. The maximum Gasteiger partial charge on any atom is 0.221 e. The van der Waals surface area contributed by atoms with Gasteiger partial charge < -0.3 is 9.30 Å². The second-order valence-electron chi connectivity index (χ2n) is 3.86. The lowest BCUT2D eigenvalue weighted by Crippen LogP contribution is -2.06. The molecule has 1 atom stereocenters. The van der Waals surface area contributed by atoms with E-state index in [1.165, 1.54) is 5.56 Å². The van der Waals surface area contributed by atoms with Crippen molar-refractivity contribution in [3.63, 3.8) is 0 Å². The van der Waals surface area contributed by atoms with E-state index in [4.69, 9.17) is 4.74 Å². The molecule has 18 heavy (non-hydrogen) atoms. The molecule has 0 fully saturated rings. The minimum Gasteiger partial charge on any atom is -0.497 e. The molecular weight excluding hydrogens is 250 g/mol. The van der Waals surface area contributed by atoms with E-state index < -0.39 is 10.8 Å². The Labute approximate surface area is 108 Å². The number of aryl methyl sites for hydroxylation is 2. The lowest BCUT2D eigenvalue weighted by molar-refractivity contribution is 0.414. The molecule has 2 aromatic rings. The molecule has 0 unspecified atom stereocenters. The van der Waals surface area contributed by atoms with Crippen LogP contribution in [0.4, 0.5) is 0 Å². The molecule has 1 heterocycles. The first kappa shape index (κ1) is 12.8. The number of rotatable bonds is 5. The molecule has 0 saturated heterocycles. The van der Waals surface area contributed by atoms with Crippen LogP contribution in [0.3, 0.4) is 0 Å². The van der Waals surface area contributed by atoms with Gasteiger partial charge in [0.15, 0.2) is 0 Å². The normalized spacial score (nSPS) is 12.3. The maximum absolute atomic E-state index is 11.4. The molecule has 5 nitrogen and oxygen atoms in total. The van der Waals surface area contributed by atoms with Crippen LogP contribution in [0.15, 0.2) is 35.7 Å². The molecule has 96 valence electrons. The van der Waals surface area contributed by atoms with Crippen molar-refractivity contribution in [2.45, 2.75) is 18.1 Å². The Kier molecular flexibility index (Phi) is 4.09. The van der Waals surface area contributed by atoms with Gasteiger partial charge in [-0.1, -0.05) is 12.1 Å². The van der Waals surface area contributed by atoms with Gasteiger partial charge in [0.25, 0.3) is 0 Å². The summed E-state index contributed by atoms with van der Waals surface area (Å²) in [6.45, 7) is 0.717. The van der Waals surface area contributed by atoms with E-state index in [0.717, 1.165) is 12.2 Å². The lowest BCUT2D eigenvalue weighted by atomic mass is 10.1. The molecule has 0 bridgehead atoms. The Morgan fingerprint density at radius 1 is 1.33 bits per heavy atom. The van der Waals surface area contributed by atoms with Gasteiger partial charge in [-0.25, -0.2) is 0 Å². The SMILES string of the molecule is COc1ccc(CCn2cnnc2[S@@](C)=O)cc1. The summed E-state index contributed by atoms with van der Waals surface area (Å²) in [6.07, 6.45) is 4.06. The fourth-order valence-corrected chi connectivity index (χ4v) is 2.29. The van der Waals surface area contributed by atoms with Gasteiger partial charge in [-0.05, 0) is 24.1 Å². The Balaban J connectivity index is 2.02. The van der Waals surface area contributed by atoms with Crippen molar-refractivity contribution in [2.24, 2.45) is 0 Å². The first-order valence-corrected chi connectivity index (χ1v) is 7.10. The van der Waals surface area contributed by atoms with Crippen molar-refractivity contribution in [3.05, 3.63) is 36.2 Å². The summed E-state index contributed by atoms with van der Waals surface area (Å²) in [5.74, 6) is 0.846. The van der Waals surface area contributed by atoms with Gasteiger partial charge in [0, 0.05) is 12.8 Å². The van der Waals surface area contributed by atoms with Crippen molar-refractivity contribution in [1.82, 2.24) is 14.8 Å². The molecule has 0 aliphatic heterocycles. The summed E-state index contributed by atoms with van der Waals surface area (Å²) in [5.41, 5.74) is 1.19. The quantitative estimate of drug-likeness (QED) is 0.817. The maximum atomic E-state index is 11.4. The lowest BCUT2D eigenvalue weighted by Gasteiger charge is -2.05. The zero-order valence-corrected chi connectivity index (χ0v) is 11.2. The highest BCUT2D eigenvalue weighted by Gasteiger charge is 2.07. The van der Waals surface area contributed by atoms with Gasteiger partial charge in [-0.2, -0.15) is 0 Å². The molecular formula is C12H15N3O2S. The number of hydrogen-bond acceptors (Lipinski definition) is 4. The predicted molar refractivity (Wildman–Crippen MR) is 69.1 cm³/mol. The highest BCUT2D eigenvalue weighted by molar-refractivity contribution is 7.84. The van der Waals surface area contributed by atoms with Crippen molar-refractivity contribution >= 4 is 10.8 Å². The summed E-state index contributed by atoms with van der Waals surface area (Å²) in [4.78, 5) is 0. The van der Waals surface area contributed by atoms with Crippen LogP contribution in [0.25, 0.3) is 0 Å². The van der Waals surface area contributed by atoms with Gasteiger partial charge in [0.2, 0.25) is 5.16 Å². The molecule has 0 radical (unpaired) electrons. The number of methoxy groups -OCH3 is 1. The van der Waals surface area contributed by atoms with E-state index in [1.807, 2.05) is 28.8 Å². The van der Waals surface area contributed by atoms with Crippen LogP contribution in [0, 0.1) is 0 Å². The molecule has 0 spiro atoms. The standard InChI is InChI=1S/C12H15N3O2S/c1-17-11-5-3-10(4-6-11)7-8-15-9-13-14-12(15)18(2)16/h3-6,9H,7-8H2,1-2H3/t18-/m1/s1. The molecule has 1 aromatic heterocycles. The number of hydrogen-bond donors (Lipinski definition) is 0. The van der Waals surface area contributed by atoms with Gasteiger partial charge in [-0.15, -0.1) is 10.2 Å². The van der Waals surface area contributed by atoms with Crippen LogP contribution in [0.1, 0.15) is 5.56 Å². The predicted octanol–water partition coefficient (Wildman–Crippen LogP) is 1.27. The van der Waals surface area contributed by atoms with E-state index in [0.29, 0.717) is 11.7 Å². The van der Waals surface area contributed by atoms with Crippen LogP contribution < -0.4 is 4.74 Å². The van der Waals surface area contributed by atoms with Gasteiger partial charge in [0.1, 0.15) is 12.1 Å². The summed E-state index contributed by atoms with van der Waals surface area (Å²) < 4.78 is 18.3. The number of benzene rings is 1. The van der Waals surface area contributed by atoms with Gasteiger partial charge in [0.05, 0.1) is 17.9 Å². The second-order valence-corrected chi connectivity index (χ2v) is 5.13. The van der Waals surface area contributed by atoms with Crippen molar-refractivity contribution in [3.8, 4) is 5.75 Å². The first-order chi connectivity index (χ1) is 8.70. The highest BCUT2D eigenvalue weighted by Crippen LogP contribution is 2.12. The van der Waals surface area contributed by atoms with Gasteiger partial charge >= 0.3 is 0 Å². The molecule has 6 heteroatoms. The Hall–Kier alpha value is -1.69. The molecule has 2 rings (SSSR count). The van der Waals surface area contributed by atoms with Crippen LogP contribution in [-0.2, 0) is 23.8 Å². The van der Waals surface area contributed by atoms with Crippen LogP contribution in [0.5, 0.6) is 5.75 Å². The number of aromatic nitrogens is 3. The Morgan fingerprint density at radius 2 is 2.06 bits per heavy atom.